The minimum Gasteiger partial charge on any atom is -0.464 e. The summed E-state index contributed by atoms with van der Waals surface area (Å²) >= 11 is 3.44. The van der Waals surface area contributed by atoms with E-state index in [0.29, 0.717) is 12.1 Å². The molecular weight excluding hydrogens is 306 g/mol. The minimum atomic E-state index is -0.0187. The molecule has 0 aliphatic carbocycles. The van der Waals surface area contributed by atoms with Gasteiger partial charge in [0.1, 0.15) is 11.5 Å². The third-order valence-corrected chi connectivity index (χ3v) is 3.81. The van der Waals surface area contributed by atoms with Crippen LogP contribution in [0.25, 0.3) is 0 Å². The van der Waals surface area contributed by atoms with Gasteiger partial charge in [0.05, 0.1) is 6.54 Å². The Balaban J connectivity index is 2.12. The highest BCUT2D eigenvalue weighted by atomic mass is 79.9. The van der Waals surface area contributed by atoms with Crippen molar-refractivity contribution in [3.05, 3.63) is 57.5 Å². The number of furan rings is 1. The molecule has 0 radical (unpaired) electrons. The van der Waals surface area contributed by atoms with Gasteiger partial charge in [0, 0.05) is 17.1 Å². The van der Waals surface area contributed by atoms with Crippen LogP contribution in [0.3, 0.4) is 0 Å². The number of benzene rings is 1. The number of carbonyl (C=O) groups is 1. The number of rotatable bonds is 3. The summed E-state index contributed by atoms with van der Waals surface area (Å²) in [4.78, 5) is 13.9. The van der Waals surface area contributed by atoms with Gasteiger partial charge in [0.15, 0.2) is 0 Å². The zero-order chi connectivity index (χ0) is 14.0. The molecule has 19 heavy (non-hydrogen) atoms. The average molecular weight is 322 g/mol. The fraction of sp³-hybridized carbons (Fsp3) is 0.267. The zero-order valence-corrected chi connectivity index (χ0v) is 12.8. The highest BCUT2D eigenvalue weighted by molar-refractivity contribution is 9.10. The fourth-order valence-corrected chi connectivity index (χ4v) is 2.20. The van der Waals surface area contributed by atoms with E-state index in [0.717, 1.165) is 21.6 Å². The Morgan fingerprint density at radius 3 is 2.58 bits per heavy atom. The SMILES string of the molecule is Cc1ccc(CN(C)C(=O)c2ccc(C)c(Br)c2)o1. The predicted molar refractivity (Wildman–Crippen MR) is 78.1 cm³/mol. The van der Waals surface area contributed by atoms with Gasteiger partial charge in [-0.1, -0.05) is 22.0 Å². The van der Waals surface area contributed by atoms with Crippen LogP contribution in [0.5, 0.6) is 0 Å². The maximum Gasteiger partial charge on any atom is 0.254 e. The van der Waals surface area contributed by atoms with Crippen molar-refractivity contribution in [2.45, 2.75) is 20.4 Å². The standard InChI is InChI=1S/C15H16BrNO2/c1-10-4-6-12(8-14(10)16)15(18)17(3)9-13-7-5-11(2)19-13/h4-8H,9H2,1-3H3. The molecule has 4 heteroatoms. The van der Waals surface area contributed by atoms with Crippen LogP contribution >= 0.6 is 15.9 Å². The van der Waals surface area contributed by atoms with Crippen molar-refractivity contribution in [3.63, 3.8) is 0 Å². The van der Waals surface area contributed by atoms with E-state index in [4.69, 9.17) is 4.42 Å². The molecule has 2 rings (SSSR count). The van der Waals surface area contributed by atoms with Crippen LogP contribution < -0.4 is 0 Å². The summed E-state index contributed by atoms with van der Waals surface area (Å²) in [6.45, 7) is 4.36. The smallest absolute Gasteiger partial charge is 0.254 e. The lowest BCUT2D eigenvalue weighted by molar-refractivity contribution is 0.0775. The van der Waals surface area contributed by atoms with Crippen LogP contribution in [0.15, 0.2) is 39.2 Å². The van der Waals surface area contributed by atoms with E-state index in [1.165, 1.54) is 0 Å². The summed E-state index contributed by atoms with van der Waals surface area (Å²) in [7, 11) is 1.77. The van der Waals surface area contributed by atoms with Crippen LogP contribution in [-0.2, 0) is 6.54 Å². The van der Waals surface area contributed by atoms with Crippen molar-refractivity contribution in [1.82, 2.24) is 4.90 Å². The third-order valence-electron chi connectivity index (χ3n) is 2.95. The molecule has 0 N–H and O–H groups in total. The van der Waals surface area contributed by atoms with Crippen molar-refractivity contribution in [1.29, 1.82) is 0 Å². The number of halogens is 1. The predicted octanol–water partition coefficient (Wildman–Crippen LogP) is 3.93. The second-order valence-electron chi connectivity index (χ2n) is 4.64. The average Bonchev–Trinajstić information content (AvgIpc) is 2.77. The quantitative estimate of drug-likeness (QED) is 0.858. The molecule has 0 fully saturated rings. The molecule has 0 saturated carbocycles. The monoisotopic (exact) mass is 321 g/mol. The minimum absolute atomic E-state index is 0.0187. The summed E-state index contributed by atoms with van der Waals surface area (Å²) in [6.07, 6.45) is 0. The summed E-state index contributed by atoms with van der Waals surface area (Å²) in [6, 6.07) is 9.41. The van der Waals surface area contributed by atoms with Gasteiger partial charge in [-0.3, -0.25) is 4.79 Å². The molecule has 0 saturated heterocycles. The van der Waals surface area contributed by atoms with Gasteiger partial charge in [0.25, 0.3) is 5.91 Å². The van der Waals surface area contributed by atoms with Crippen molar-refractivity contribution < 1.29 is 9.21 Å². The lowest BCUT2D eigenvalue weighted by Crippen LogP contribution is -2.26. The Morgan fingerprint density at radius 1 is 1.26 bits per heavy atom. The van der Waals surface area contributed by atoms with E-state index in [1.54, 1.807) is 11.9 Å². The van der Waals surface area contributed by atoms with Gasteiger partial charge < -0.3 is 9.32 Å². The summed E-state index contributed by atoms with van der Waals surface area (Å²) in [5.41, 5.74) is 1.78. The van der Waals surface area contributed by atoms with Crippen molar-refractivity contribution in [2.24, 2.45) is 0 Å². The molecule has 0 aliphatic rings. The van der Waals surface area contributed by atoms with Gasteiger partial charge in [-0.25, -0.2) is 0 Å². The first-order chi connectivity index (χ1) is 8.97. The second kappa shape index (κ2) is 5.61. The summed E-state index contributed by atoms with van der Waals surface area (Å²) in [5, 5.41) is 0. The number of amides is 1. The maximum absolute atomic E-state index is 12.3. The molecule has 100 valence electrons. The zero-order valence-electron chi connectivity index (χ0n) is 11.2. The molecule has 0 unspecified atom stereocenters. The lowest BCUT2D eigenvalue weighted by Gasteiger charge is -2.16. The van der Waals surface area contributed by atoms with E-state index < -0.39 is 0 Å². The topological polar surface area (TPSA) is 33.5 Å². The normalized spacial score (nSPS) is 10.5. The van der Waals surface area contributed by atoms with Crippen LogP contribution in [0.2, 0.25) is 0 Å². The summed E-state index contributed by atoms with van der Waals surface area (Å²) in [5.74, 6) is 1.63. The number of carbonyl (C=O) groups excluding carboxylic acids is 1. The highest BCUT2D eigenvalue weighted by Crippen LogP contribution is 2.19. The van der Waals surface area contributed by atoms with E-state index in [9.17, 15) is 4.79 Å². The fourth-order valence-electron chi connectivity index (χ4n) is 1.82. The number of hydrogen-bond donors (Lipinski definition) is 0. The van der Waals surface area contributed by atoms with Gasteiger partial charge in [-0.2, -0.15) is 0 Å². The molecule has 1 amide bonds. The van der Waals surface area contributed by atoms with E-state index in [1.807, 2.05) is 44.2 Å². The van der Waals surface area contributed by atoms with Gasteiger partial charge in [-0.05, 0) is 43.7 Å². The molecular formula is C15H16BrNO2. The molecule has 1 heterocycles. The number of nitrogens with zero attached hydrogens (tertiary/aromatic N) is 1. The summed E-state index contributed by atoms with van der Waals surface area (Å²) < 4.78 is 6.42. The number of aryl methyl sites for hydroxylation is 2. The van der Waals surface area contributed by atoms with Crippen LogP contribution in [-0.4, -0.2) is 17.9 Å². The molecule has 1 aromatic heterocycles. The number of hydrogen-bond acceptors (Lipinski definition) is 2. The largest absolute Gasteiger partial charge is 0.464 e. The Morgan fingerprint density at radius 2 is 2.00 bits per heavy atom. The maximum atomic E-state index is 12.3. The first-order valence-electron chi connectivity index (χ1n) is 6.04. The van der Waals surface area contributed by atoms with Crippen molar-refractivity contribution in [2.75, 3.05) is 7.05 Å². The molecule has 0 bridgehead atoms. The lowest BCUT2D eigenvalue weighted by atomic mass is 10.1. The van der Waals surface area contributed by atoms with E-state index in [2.05, 4.69) is 15.9 Å². The van der Waals surface area contributed by atoms with Crippen molar-refractivity contribution >= 4 is 21.8 Å². The van der Waals surface area contributed by atoms with Crippen LogP contribution in [0.1, 0.15) is 27.4 Å². The molecule has 0 atom stereocenters. The Kier molecular flexibility index (Phi) is 4.10. The molecule has 2 aromatic rings. The highest BCUT2D eigenvalue weighted by Gasteiger charge is 2.14. The molecule has 1 aromatic carbocycles. The molecule has 0 spiro atoms. The van der Waals surface area contributed by atoms with E-state index >= 15 is 0 Å². The van der Waals surface area contributed by atoms with Gasteiger partial charge in [-0.15, -0.1) is 0 Å². The first-order valence-corrected chi connectivity index (χ1v) is 6.83. The van der Waals surface area contributed by atoms with Crippen LogP contribution in [0.4, 0.5) is 0 Å². The van der Waals surface area contributed by atoms with Gasteiger partial charge >= 0.3 is 0 Å². The van der Waals surface area contributed by atoms with Crippen LogP contribution in [0, 0.1) is 13.8 Å². The second-order valence-corrected chi connectivity index (χ2v) is 5.49. The third kappa shape index (κ3) is 3.26. The van der Waals surface area contributed by atoms with Gasteiger partial charge in [0.2, 0.25) is 0 Å². The molecule has 0 aliphatic heterocycles. The Bertz CT molecular complexity index is 604. The molecule has 3 nitrogen and oxygen atoms in total. The Hall–Kier alpha value is -1.55. The first kappa shape index (κ1) is 13.9. The van der Waals surface area contributed by atoms with Crippen molar-refractivity contribution in [3.8, 4) is 0 Å². The van der Waals surface area contributed by atoms with E-state index in [-0.39, 0.29) is 5.91 Å². The Labute approximate surface area is 121 Å².